The van der Waals surface area contributed by atoms with Crippen molar-refractivity contribution in [3.63, 3.8) is 0 Å². The maximum atomic E-state index is 9.58. The second-order valence-electron chi connectivity index (χ2n) is 4.22. The quantitative estimate of drug-likeness (QED) is 0.840. The SMILES string of the molecule is OC1CCn2c(nnc2-c2ccccc2Cl)C1. The Hall–Kier alpha value is -1.39. The Labute approximate surface area is 104 Å². The summed E-state index contributed by atoms with van der Waals surface area (Å²) >= 11 is 6.16. The van der Waals surface area contributed by atoms with E-state index < -0.39 is 0 Å². The molecule has 0 saturated heterocycles. The molecule has 17 heavy (non-hydrogen) atoms. The van der Waals surface area contributed by atoms with Crippen LogP contribution in [0.2, 0.25) is 5.02 Å². The largest absolute Gasteiger partial charge is 0.393 e. The third-order valence-corrected chi connectivity index (χ3v) is 3.38. The standard InChI is InChI=1S/C12H12ClN3O/c13-10-4-2-1-3-9(10)12-15-14-11-7-8(17)5-6-16(11)12/h1-4,8,17H,5-7H2. The van der Waals surface area contributed by atoms with E-state index in [-0.39, 0.29) is 6.10 Å². The van der Waals surface area contributed by atoms with E-state index in [1.54, 1.807) is 0 Å². The van der Waals surface area contributed by atoms with Gasteiger partial charge in [-0.15, -0.1) is 10.2 Å². The summed E-state index contributed by atoms with van der Waals surface area (Å²) in [6.07, 6.45) is 1.01. The summed E-state index contributed by atoms with van der Waals surface area (Å²) in [6.45, 7) is 0.740. The number of benzene rings is 1. The Balaban J connectivity index is 2.09. The van der Waals surface area contributed by atoms with Crippen LogP contribution < -0.4 is 0 Å². The lowest BCUT2D eigenvalue weighted by molar-refractivity contribution is 0.142. The first-order chi connectivity index (χ1) is 8.25. The van der Waals surface area contributed by atoms with E-state index in [1.807, 2.05) is 28.8 Å². The van der Waals surface area contributed by atoms with Crippen LogP contribution in [0.25, 0.3) is 11.4 Å². The Bertz CT molecular complexity index is 552. The predicted octanol–water partition coefficient (Wildman–Crippen LogP) is 1.91. The van der Waals surface area contributed by atoms with Crippen LogP contribution in [0.4, 0.5) is 0 Å². The highest BCUT2D eigenvalue weighted by Gasteiger charge is 2.22. The van der Waals surface area contributed by atoms with E-state index >= 15 is 0 Å². The van der Waals surface area contributed by atoms with Crippen molar-refractivity contribution < 1.29 is 5.11 Å². The molecule has 88 valence electrons. The van der Waals surface area contributed by atoms with E-state index in [0.29, 0.717) is 11.4 Å². The fourth-order valence-corrected chi connectivity index (χ4v) is 2.37. The fourth-order valence-electron chi connectivity index (χ4n) is 2.15. The molecule has 3 rings (SSSR count). The minimum atomic E-state index is -0.300. The first-order valence-electron chi connectivity index (χ1n) is 5.61. The Morgan fingerprint density at radius 2 is 2.12 bits per heavy atom. The van der Waals surface area contributed by atoms with E-state index in [2.05, 4.69) is 10.2 Å². The van der Waals surface area contributed by atoms with Crippen LogP contribution in [0.5, 0.6) is 0 Å². The van der Waals surface area contributed by atoms with Gasteiger partial charge in [-0.25, -0.2) is 0 Å². The normalized spacial score (nSPS) is 19.1. The third kappa shape index (κ3) is 1.83. The molecule has 2 aromatic rings. The van der Waals surface area contributed by atoms with Gasteiger partial charge < -0.3 is 9.67 Å². The van der Waals surface area contributed by atoms with Gasteiger partial charge in [0, 0.05) is 18.5 Å². The smallest absolute Gasteiger partial charge is 0.165 e. The second kappa shape index (κ2) is 4.13. The van der Waals surface area contributed by atoms with Gasteiger partial charge in [0.2, 0.25) is 0 Å². The molecule has 1 aromatic heterocycles. The van der Waals surface area contributed by atoms with E-state index in [1.165, 1.54) is 0 Å². The summed E-state index contributed by atoms with van der Waals surface area (Å²) in [5, 5.41) is 18.6. The number of nitrogens with zero attached hydrogens (tertiary/aromatic N) is 3. The average Bonchev–Trinajstić information content (AvgIpc) is 2.72. The Morgan fingerprint density at radius 3 is 2.94 bits per heavy atom. The van der Waals surface area contributed by atoms with Gasteiger partial charge in [0.15, 0.2) is 5.82 Å². The van der Waals surface area contributed by atoms with Crippen molar-refractivity contribution in [1.29, 1.82) is 0 Å². The van der Waals surface area contributed by atoms with Gasteiger partial charge >= 0.3 is 0 Å². The lowest BCUT2D eigenvalue weighted by atomic mass is 10.1. The lowest BCUT2D eigenvalue weighted by Gasteiger charge is -2.19. The zero-order chi connectivity index (χ0) is 11.8. The second-order valence-corrected chi connectivity index (χ2v) is 4.63. The minimum absolute atomic E-state index is 0.300. The summed E-state index contributed by atoms with van der Waals surface area (Å²) in [7, 11) is 0. The molecule has 1 aliphatic rings. The number of aromatic nitrogens is 3. The van der Waals surface area contributed by atoms with E-state index in [0.717, 1.165) is 30.2 Å². The first kappa shape index (κ1) is 10.7. The number of halogens is 1. The minimum Gasteiger partial charge on any atom is -0.393 e. The topological polar surface area (TPSA) is 50.9 Å². The van der Waals surface area contributed by atoms with Crippen molar-refractivity contribution in [1.82, 2.24) is 14.8 Å². The Morgan fingerprint density at radius 1 is 1.29 bits per heavy atom. The molecular weight excluding hydrogens is 238 g/mol. The van der Waals surface area contributed by atoms with Crippen LogP contribution in [0.1, 0.15) is 12.2 Å². The van der Waals surface area contributed by atoms with Crippen molar-refractivity contribution >= 4 is 11.6 Å². The van der Waals surface area contributed by atoms with Gasteiger partial charge in [0.25, 0.3) is 0 Å². The van der Waals surface area contributed by atoms with Crippen LogP contribution in [-0.4, -0.2) is 26.0 Å². The molecule has 0 fully saturated rings. The first-order valence-corrected chi connectivity index (χ1v) is 5.98. The highest BCUT2D eigenvalue weighted by Crippen LogP contribution is 2.28. The summed E-state index contributed by atoms with van der Waals surface area (Å²) in [4.78, 5) is 0. The number of fused-ring (bicyclic) bond motifs is 1. The van der Waals surface area contributed by atoms with Crippen molar-refractivity contribution in [2.45, 2.75) is 25.5 Å². The zero-order valence-corrected chi connectivity index (χ0v) is 9.93. The van der Waals surface area contributed by atoms with E-state index in [9.17, 15) is 5.11 Å². The average molecular weight is 250 g/mol. The Kier molecular flexibility index (Phi) is 2.61. The molecule has 5 heteroatoms. The van der Waals surface area contributed by atoms with Crippen molar-refractivity contribution in [2.75, 3.05) is 0 Å². The molecule has 0 radical (unpaired) electrons. The van der Waals surface area contributed by atoms with Gasteiger partial charge in [-0.1, -0.05) is 23.7 Å². The maximum Gasteiger partial charge on any atom is 0.165 e. The molecule has 1 atom stereocenters. The van der Waals surface area contributed by atoms with Gasteiger partial charge in [0.05, 0.1) is 11.1 Å². The summed E-state index contributed by atoms with van der Waals surface area (Å²) in [5.41, 5.74) is 0.893. The molecular formula is C12H12ClN3O. The molecule has 1 unspecified atom stereocenters. The van der Waals surface area contributed by atoms with E-state index in [4.69, 9.17) is 11.6 Å². The molecule has 1 aromatic carbocycles. The number of hydrogen-bond donors (Lipinski definition) is 1. The van der Waals surface area contributed by atoms with Gasteiger partial charge in [-0.05, 0) is 18.6 Å². The number of aliphatic hydroxyl groups excluding tert-OH is 1. The molecule has 0 amide bonds. The van der Waals surface area contributed by atoms with Crippen LogP contribution in [0.3, 0.4) is 0 Å². The molecule has 1 N–H and O–H groups in total. The highest BCUT2D eigenvalue weighted by atomic mass is 35.5. The maximum absolute atomic E-state index is 9.58. The van der Waals surface area contributed by atoms with Crippen LogP contribution in [0, 0.1) is 0 Å². The number of rotatable bonds is 1. The van der Waals surface area contributed by atoms with Crippen LogP contribution in [0.15, 0.2) is 24.3 Å². The van der Waals surface area contributed by atoms with Crippen molar-refractivity contribution in [2.24, 2.45) is 0 Å². The molecule has 0 aliphatic carbocycles. The molecule has 0 saturated carbocycles. The summed E-state index contributed by atoms with van der Waals surface area (Å²) in [6, 6.07) is 7.60. The fraction of sp³-hybridized carbons (Fsp3) is 0.333. The van der Waals surface area contributed by atoms with Crippen molar-refractivity contribution in [3.8, 4) is 11.4 Å². The number of aliphatic hydroxyl groups is 1. The monoisotopic (exact) mass is 249 g/mol. The highest BCUT2D eigenvalue weighted by molar-refractivity contribution is 6.33. The molecule has 2 heterocycles. The third-order valence-electron chi connectivity index (χ3n) is 3.05. The lowest BCUT2D eigenvalue weighted by Crippen LogP contribution is -2.23. The van der Waals surface area contributed by atoms with Crippen LogP contribution >= 0.6 is 11.6 Å². The predicted molar refractivity (Wildman–Crippen MR) is 64.8 cm³/mol. The molecule has 0 bridgehead atoms. The van der Waals surface area contributed by atoms with Gasteiger partial charge in [-0.2, -0.15) is 0 Å². The molecule has 4 nitrogen and oxygen atoms in total. The van der Waals surface area contributed by atoms with Gasteiger partial charge in [-0.3, -0.25) is 0 Å². The van der Waals surface area contributed by atoms with Crippen molar-refractivity contribution in [3.05, 3.63) is 35.1 Å². The zero-order valence-electron chi connectivity index (χ0n) is 9.17. The summed E-state index contributed by atoms with van der Waals surface area (Å²) < 4.78 is 2.04. The molecule has 1 aliphatic heterocycles. The summed E-state index contributed by atoms with van der Waals surface area (Å²) in [5.74, 6) is 1.62. The molecule has 0 spiro atoms. The number of hydrogen-bond acceptors (Lipinski definition) is 3. The van der Waals surface area contributed by atoms with Crippen LogP contribution in [-0.2, 0) is 13.0 Å². The van der Waals surface area contributed by atoms with Gasteiger partial charge in [0.1, 0.15) is 5.82 Å².